The molecule has 1 N–H and O–H groups in total. The van der Waals surface area contributed by atoms with Gasteiger partial charge in [0.1, 0.15) is 5.75 Å². The zero-order chi connectivity index (χ0) is 14.5. The molecule has 104 valence electrons. The zero-order valence-corrected chi connectivity index (χ0v) is 12.1. The average Bonchev–Trinajstić information content (AvgIpc) is 2.41. The van der Waals surface area contributed by atoms with Crippen LogP contribution in [0.2, 0.25) is 0 Å². The Bertz CT molecular complexity index is 603. The third kappa shape index (κ3) is 3.38. The first-order chi connectivity index (χ1) is 9.60. The zero-order valence-electron chi connectivity index (χ0n) is 12.1. The second-order valence-electron chi connectivity index (χ2n) is 4.73. The highest BCUT2D eigenvalue weighted by atomic mass is 16.5. The highest BCUT2D eigenvalue weighted by Crippen LogP contribution is 2.17. The number of hydrogen-bond acceptors (Lipinski definition) is 2. The maximum absolute atomic E-state index is 12.2. The number of carbonyl (C=O) groups excluding carboxylic acids is 1. The molecule has 2 aromatic carbocycles. The van der Waals surface area contributed by atoms with Crippen molar-refractivity contribution in [3.05, 3.63) is 59.2 Å². The van der Waals surface area contributed by atoms with Crippen LogP contribution < -0.4 is 10.1 Å². The van der Waals surface area contributed by atoms with Crippen LogP contribution in [0.1, 0.15) is 28.4 Å². The molecule has 0 aliphatic carbocycles. The van der Waals surface area contributed by atoms with E-state index in [1.807, 2.05) is 63.2 Å². The number of nitrogens with one attached hydrogen (secondary N) is 1. The monoisotopic (exact) mass is 269 g/mol. The molecule has 0 saturated heterocycles. The molecule has 3 heteroatoms. The lowest BCUT2D eigenvalue weighted by Crippen LogP contribution is -2.13. The van der Waals surface area contributed by atoms with Crippen molar-refractivity contribution in [3.63, 3.8) is 0 Å². The van der Waals surface area contributed by atoms with Gasteiger partial charge in [0.05, 0.1) is 6.61 Å². The lowest BCUT2D eigenvalue weighted by atomic mass is 10.1. The predicted molar refractivity (Wildman–Crippen MR) is 81.5 cm³/mol. The van der Waals surface area contributed by atoms with Gasteiger partial charge in [0.2, 0.25) is 0 Å². The van der Waals surface area contributed by atoms with Crippen molar-refractivity contribution in [2.24, 2.45) is 0 Å². The molecule has 0 aliphatic rings. The Morgan fingerprint density at radius 2 is 1.80 bits per heavy atom. The summed E-state index contributed by atoms with van der Waals surface area (Å²) >= 11 is 0. The molecule has 0 fully saturated rings. The largest absolute Gasteiger partial charge is 0.494 e. The van der Waals surface area contributed by atoms with Crippen molar-refractivity contribution in [1.29, 1.82) is 0 Å². The lowest BCUT2D eigenvalue weighted by Gasteiger charge is -2.09. The summed E-state index contributed by atoms with van der Waals surface area (Å²) in [4.78, 5) is 12.2. The number of anilines is 1. The Morgan fingerprint density at radius 3 is 2.40 bits per heavy atom. The van der Waals surface area contributed by atoms with E-state index < -0.39 is 0 Å². The summed E-state index contributed by atoms with van der Waals surface area (Å²) in [7, 11) is 0. The average molecular weight is 269 g/mol. The fourth-order valence-corrected chi connectivity index (χ4v) is 2.07. The van der Waals surface area contributed by atoms with E-state index in [1.54, 1.807) is 0 Å². The van der Waals surface area contributed by atoms with E-state index in [0.29, 0.717) is 12.2 Å². The van der Waals surface area contributed by atoms with Crippen LogP contribution >= 0.6 is 0 Å². The summed E-state index contributed by atoms with van der Waals surface area (Å²) in [6, 6.07) is 13.2. The first-order valence-electron chi connectivity index (χ1n) is 6.71. The smallest absolute Gasteiger partial charge is 0.255 e. The number of rotatable bonds is 4. The third-order valence-corrected chi connectivity index (χ3v) is 3.05. The van der Waals surface area contributed by atoms with Crippen LogP contribution in [0, 0.1) is 13.8 Å². The lowest BCUT2D eigenvalue weighted by molar-refractivity contribution is 0.102. The molecule has 1 amide bonds. The second-order valence-corrected chi connectivity index (χ2v) is 4.73. The minimum Gasteiger partial charge on any atom is -0.494 e. The van der Waals surface area contributed by atoms with Crippen molar-refractivity contribution in [2.75, 3.05) is 11.9 Å². The molecule has 0 radical (unpaired) electrons. The molecule has 3 nitrogen and oxygen atoms in total. The van der Waals surface area contributed by atoms with E-state index in [-0.39, 0.29) is 5.91 Å². The summed E-state index contributed by atoms with van der Waals surface area (Å²) in [5.74, 6) is 0.712. The summed E-state index contributed by atoms with van der Waals surface area (Å²) in [6.45, 7) is 6.53. The van der Waals surface area contributed by atoms with Gasteiger partial charge >= 0.3 is 0 Å². The molecule has 0 saturated carbocycles. The number of amides is 1. The highest BCUT2D eigenvalue weighted by molar-refractivity contribution is 6.05. The summed E-state index contributed by atoms with van der Waals surface area (Å²) < 4.78 is 5.37. The van der Waals surface area contributed by atoms with Gasteiger partial charge in [-0.25, -0.2) is 0 Å². The standard InChI is InChI=1S/C17H19NO2/c1-4-20-15-8-6-14(7-9-15)18-17(19)16-10-5-12(2)11-13(16)3/h5-11H,4H2,1-3H3,(H,18,19). The summed E-state index contributed by atoms with van der Waals surface area (Å²) in [5.41, 5.74) is 3.59. The molecule has 20 heavy (non-hydrogen) atoms. The van der Waals surface area contributed by atoms with Gasteiger partial charge in [-0.15, -0.1) is 0 Å². The Balaban J connectivity index is 2.11. The van der Waals surface area contributed by atoms with Crippen LogP contribution in [0.3, 0.4) is 0 Å². The van der Waals surface area contributed by atoms with E-state index in [4.69, 9.17) is 4.74 Å². The molecule has 0 heterocycles. The van der Waals surface area contributed by atoms with Gasteiger partial charge in [-0.3, -0.25) is 4.79 Å². The molecular formula is C17H19NO2. The molecule has 0 atom stereocenters. The molecular weight excluding hydrogens is 250 g/mol. The van der Waals surface area contributed by atoms with Crippen molar-refractivity contribution in [2.45, 2.75) is 20.8 Å². The first kappa shape index (κ1) is 14.1. The molecule has 0 aromatic heterocycles. The van der Waals surface area contributed by atoms with Crippen molar-refractivity contribution in [1.82, 2.24) is 0 Å². The predicted octanol–water partition coefficient (Wildman–Crippen LogP) is 3.95. The fourth-order valence-electron chi connectivity index (χ4n) is 2.07. The molecule has 0 unspecified atom stereocenters. The van der Waals surface area contributed by atoms with Gasteiger partial charge in [-0.1, -0.05) is 17.7 Å². The van der Waals surface area contributed by atoms with E-state index in [2.05, 4.69) is 5.32 Å². The molecule has 0 aliphatic heterocycles. The Kier molecular flexibility index (Phi) is 4.41. The van der Waals surface area contributed by atoms with Crippen molar-refractivity contribution < 1.29 is 9.53 Å². The van der Waals surface area contributed by atoms with Crippen molar-refractivity contribution in [3.8, 4) is 5.75 Å². The first-order valence-corrected chi connectivity index (χ1v) is 6.71. The van der Waals surface area contributed by atoms with Crippen LogP contribution in [0.25, 0.3) is 0 Å². The molecule has 2 rings (SSSR count). The SMILES string of the molecule is CCOc1ccc(NC(=O)c2ccc(C)cc2C)cc1. The van der Waals surface area contributed by atoms with Gasteiger partial charge in [0, 0.05) is 11.3 Å². The molecule has 0 spiro atoms. The minimum atomic E-state index is -0.0911. The van der Waals surface area contributed by atoms with E-state index in [1.165, 1.54) is 0 Å². The Labute approximate surface area is 119 Å². The molecule has 2 aromatic rings. The topological polar surface area (TPSA) is 38.3 Å². The number of carbonyl (C=O) groups is 1. The fraction of sp³-hybridized carbons (Fsp3) is 0.235. The number of aryl methyl sites for hydroxylation is 2. The summed E-state index contributed by atoms with van der Waals surface area (Å²) in [5, 5.41) is 2.89. The van der Waals surface area contributed by atoms with Gasteiger partial charge in [0.25, 0.3) is 5.91 Å². The van der Waals surface area contributed by atoms with Crippen molar-refractivity contribution >= 4 is 11.6 Å². The highest BCUT2D eigenvalue weighted by Gasteiger charge is 2.09. The van der Waals surface area contributed by atoms with Crippen LogP contribution in [-0.2, 0) is 0 Å². The third-order valence-electron chi connectivity index (χ3n) is 3.05. The normalized spacial score (nSPS) is 10.2. The minimum absolute atomic E-state index is 0.0911. The maximum atomic E-state index is 12.2. The number of ether oxygens (including phenoxy) is 1. The molecule has 0 bridgehead atoms. The van der Waals surface area contributed by atoms with E-state index in [9.17, 15) is 4.79 Å². The maximum Gasteiger partial charge on any atom is 0.255 e. The summed E-state index contributed by atoms with van der Waals surface area (Å²) in [6.07, 6.45) is 0. The van der Waals surface area contributed by atoms with Crippen LogP contribution in [0.4, 0.5) is 5.69 Å². The van der Waals surface area contributed by atoms with E-state index in [0.717, 1.165) is 22.6 Å². The Morgan fingerprint density at radius 1 is 1.10 bits per heavy atom. The number of hydrogen-bond donors (Lipinski definition) is 1. The van der Waals surface area contributed by atoms with Gasteiger partial charge in [-0.2, -0.15) is 0 Å². The van der Waals surface area contributed by atoms with Crippen LogP contribution in [-0.4, -0.2) is 12.5 Å². The quantitative estimate of drug-likeness (QED) is 0.912. The van der Waals surface area contributed by atoms with Gasteiger partial charge in [0.15, 0.2) is 0 Å². The van der Waals surface area contributed by atoms with Gasteiger partial charge < -0.3 is 10.1 Å². The Hall–Kier alpha value is -2.29. The second kappa shape index (κ2) is 6.24. The van der Waals surface area contributed by atoms with E-state index >= 15 is 0 Å². The van der Waals surface area contributed by atoms with Crippen LogP contribution in [0.5, 0.6) is 5.75 Å². The number of benzene rings is 2. The van der Waals surface area contributed by atoms with Crippen LogP contribution in [0.15, 0.2) is 42.5 Å². The van der Waals surface area contributed by atoms with Gasteiger partial charge in [-0.05, 0) is 56.7 Å².